The van der Waals surface area contributed by atoms with Crippen LogP contribution in [0.15, 0.2) is 23.3 Å². The minimum atomic E-state index is -4.33. The Balaban J connectivity index is 2.98. The molecule has 5 heteroatoms. The van der Waals surface area contributed by atoms with Crippen LogP contribution in [0.4, 0.5) is 13.2 Å². The molecule has 116 valence electrons. The minimum Gasteiger partial charge on any atom is -0.449 e. The molecular weight excluding hydrogens is 267 g/mol. The van der Waals surface area contributed by atoms with Gasteiger partial charge in [0.15, 0.2) is 0 Å². The SMILES string of the molecule is CCCCN(CCCC)C1=C(C(F)(F)F)CC(C)=CO1. The quantitative estimate of drug-likeness (QED) is 0.655. The maximum Gasteiger partial charge on any atom is 0.418 e. The van der Waals surface area contributed by atoms with Crippen molar-refractivity contribution in [3.05, 3.63) is 23.3 Å². The summed E-state index contributed by atoms with van der Waals surface area (Å²) < 4.78 is 44.8. The van der Waals surface area contributed by atoms with E-state index < -0.39 is 11.7 Å². The second-order valence-electron chi connectivity index (χ2n) is 5.23. The molecule has 1 heterocycles. The lowest BCUT2D eigenvalue weighted by atomic mass is 10.1. The Labute approximate surface area is 119 Å². The Kier molecular flexibility index (Phi) is 6.43. The van der Waals surface area contributed by atoms with Crippen molar-refractivity contribution in [1.29, 1.82) is 0 Å². The van der Waals surface area contributed by atoms with Gasteiger partial charge in [0.05, 0.1) is 11.8 Å². The van der Waals surface area contributed by atoms with Crippen LogP contribution in [-0.4, -0.2) is 24.2 Å². The molecule has 0 aromatic rings. The molecule has 0 saturated heterocycles. The summed E-state index contributed by atoms with van der Waals surface area (Å²) in [7, 11) is 0. The number of hydrogen-bond acceptors (Lipinski definition) is 2. The van der Waals surface area contributed by atoms with Gasteiger partial charge in [-0.25, -0.2) is 0 Å². The van der Waals surface area contributed by atoms with Gasteiger partial charge in [-0.15, -0.1) is 0 Å². The van der Waals surface area contributed by atoms with Crippen molar-refractivity contribution in [2.75, 3.05) is 13.1 Å². The van der Waals surface area contributed by atoms with Gasteiger partial charge in [0, 0.05) is 19.5 Å². The first-order valence-electron chi connectivity index (χ1n) is 7.27. The highest BCUT2D eigenvalue weighted by Gasteiger charge is 2.40. The third-order valence-electron chi connectivity index (χ3n) is 3.28. The van der Waals surface area contributed by atoms with Gasteiger partial charge in [0.25, 0.3) is 0 Å². The molecule has 0 saturated carbocycles. The van der Waals surface area contributed by atoms with E-state index in [1.807, 2.05) is 13.8 Å². The van der Waals surface area contributed by atoms with E-state index in [1.54, 1.807) is 11.8 Å². The summed E-state index contributed by atoms with van der Waals surface area (Å²) in [5.41, 5.74) is 0.0525. The lowest BCUT2D eigenvalue weighted by Gasteiger charge is -2.31. The number of hydrogen-bond donors (Lipinski definition) is 0. The maximum absolute atomic E-state index is 13.2. The van der Waals surface area contributed by atoms with Gasteiger partial charge in [-0.2, -0.15) is 13.2 Å². The van der Waals surface area contributed by atoms with Crippen molar-refractivity contribution < 1.29 is 17.9 Å². The smallest absolute Gasteiger partial charge is 0.418 e. The fourth-order valence-electron chi connectivity index (χ4n) is 2.12. The van der Waals surface area contributed by atoms with E-state index in [0.29, 0.717) is 18.7 Å². The van der Waals surface area contributed by atoms with Gasteiger partial charge >= 0.3 is 6.18 Å². The molecule has 0 unspecified atom stereocenters. The molecule has 0 radical (unpaired) electrons. The molecule has 0 atom stereocenters. The van der Waals surface area contributed by atoms with E-state index in [1.165, 1.54) is 6.26 Å². The van der Waals surface area contributed by atoms with Crippen molar-refractivity contribution in [3.63, 3.8) is 0 Å². The van der Waals surface area contributed by atoms with Crippen LogP contribution in [0.25, 0.3) is 0 Å². The molecule has 0 aliphatic carbocycles. The molecule has 0 aromatic heterocycles. The van der Waals surface area contributed by atoms with Crippen molar-refractivity contribution in [1.82, 2.24) is 4.90 Å². The number of halogens is 3. The third-order valence-corrected chi connectivity index (χ3v) is 3.28. The average Bonchev–Trinajstić information content (AvgIpc) is 2.38. The zero-order valence-corrected chi connectivity index (χ0v) is 12.5. The van der Waals surface area contributed by atoms with Crippen LogP contribution in [0, 0.1) is 0 Å². The fourth-order valence-corrected chi connectivity index (χ4v) is 2.12. The Bertz CT molecular complexity index is 364. The summed E-state index contributed by atoms with van der Waals surface area (Å²) in [5, 5.41) is 0. The number of alkyl halides is 3. The van der Waals surface area contributed by atoms with Crippen LogP contribution < -0.4 is 0 Å². The Morgan fingerprint density at radius 3 is 2.15 bits per heavy atom. The number of nitrogens with zero attached hydrogens (tertiary/aromatic N) is 1. The van der Waals surface area contributed by atoms with Crippen LogP contribution >= 0.6 is 0 Å². The molecule has 20 heavy (non-hydrogen) atoms. The highest BCUT2D eigenvalue weighted by atomic mass is 19.4. The van der Waals surface area contributed by atoms with E-state index in [9.17, 15) is 13.2 Å². The molecule has 1 aliphatic rings. The van der Waals surface area contributed by atoms with Crippen LogP contribution in [0.2, 0.25) is 0 Å². The lowest BCUT2D eigenvalue weighted by Crippen LogP contribution is -2.32. The van der Waals surface area contributed by atoms with Gasteiger partial charge in [0.2, 0.25) is 5.88 Å². The van der Waals surface area contributed by atoms with Crippen molar-refractivity contribution in [3.8, 4) is 0 Å². The van der Waals surface area contributed by atoms with Gasteiger partial charge in [-0.05, 0) is 25.3 Å². The third kappa shape index (κ3) is 4.76. The Hall–Kier alpha value is -1.13. The molecule has 0 aromatic carbocycles. The predicted molar refractivity (Wildman–Crippen MR) is 73.9 cm³/mol. The summed E-state index contributed by atoms with van der Waals surface area (Å²) in [6.45, 7) is 6.94. The molecule has 0 N–H and O–H groups in total. The van der Waals surface area contributed by atoms with Gasteiger partial charge < -0.3 is 9.64 Å². The van der Waals surface area contributed by atoms with Crippen LogP contribution in [0.5, 0.6) is 0 Å². The summed E-state index contributed by atoms with van der Waals surface area (Å²) >= 11 is 0. The fraction of sp³-hybridized carbons (Fsp3) is 0.733. The van der Waals surface area contributed by atoms with Gasteiger partial charge in [-0.1, -0.05) is 26.7 Å². The van der Waals surface area contributed by atoms with Gasteiger partial charge in [0.1, 0.15) is 0 Å². The van der Waals surface area contributed by atoms with Crippen molar-refractivity contribution >= 4 is 0 Å². The summed E-state index contributed by atoms with van der Waals surface area (Å²) in [4.78, 5) is 1.75. The van der Waals surface area contributed by atoms with Crippen molar-refractivity contribution in [2.45, 2.75) is 59.1 Å². The number of rotatable bonds is 7. The first-order valence-corrected chi connectivity index (χ1v) is 7.27. The molecule has 0 bridgehead atoms. The summed E-state index contributed by atoms with van der Waals surface area (Å²) in [6, 6.07) is 0. The zero-order valence-electron chi connectivity index (χ0n) is 12.5. The molecule has 0 amide bonds. The monoisotopic (exact) mass is 291 g/mol. The van der Waals surface area contributed by atoms with E-state index in [4.69, 9.17) is 4.74 Å². The predicted octanol–water partition coefficient (Wildman–Crippen LogP) is 4.99. The number of unbranched alkanes of at least 4 members (excludes halogenated alkanes) is 2. The van der Waals surface area contributed by atoms with Crippen LogP contribution in [-0.2, 0) is 4.74 Å². The molecular formula is C15H24F3NO. The van der Waals surface area contributed by atoms with E-state index >= 15 is 0 Å². The number of ether oxygens (including phenoxy) is 1. The highest BCUT2D eigenvalue weighted by molar-refractivity contribution is 5.24. The lowest BCUT2D eigenvalue weighted by molar-refractivity contribution is -0.1000. The first-order chi connectivity index (χ1) is 9.40. The summed E-state index contributed by atoms with van der Waals surface area (Å²) in [6.07, 6.45) is 0.664. The standard InChI is InChI=1S/C15H24F3NO/c1-4-6-8-19(9-7-5-2)14-13(15(16,17)18)10-12(3)11-20-14/h11H,4-10H2,1-3H3. The second kappa shape index (κ2) is 7.60. The summed E-state index contributed by atoms with van der Waals surface area (Å²) in [5.74, 6) is 0.00463. The average molecular weight is 291 g/mol. The Morgan fingerprint density at radius 2 is 1.70 bits per heavy atom. The van der Waals surface area contributed by atoms with Gasteiger partial charge in [-0.3, -0.25) is 0 Å². The van der Waals surface area contributed by atoms with Crippen molar-refractivity contribution in [2.24, 2.45) is 0 Å². The second-order valence-corrected chi connectivity index (χ2v) is 5.23. The Morgan fingerprint density at radius 1 is 1.15 bits per heavy atom. The topological polar surface area (TPSA) is 12.5 Å². The largest absolute Gasteiger partial charge is 0.449 e. The maximum atomic E-state index is 13.2. The van der Waals surface area contributed by atoms with E-state index in [0.717, 1.165) is 25.7 Å². The first kappa shape index (κ1) is 16.9. The zero-order chi connectivity index (χ0) is 15.2. The molecule has 0 fully saturated rings. The van der Waals surface area contributed by atoms with E-state index in [-0.39, 0.29) is 12.3 Å². The minimum absolute atomic E-state index is 0.00463. The molecule has 1 aliphatic heterocycles. The van der Waals surface area contributed by atoms with E-state index in [2.05, 4.69) is 0 Å². The molecule has 2 nitrogen and oxygen atoms in total. The molecule has 0 spiro atoms. The normalized spacial score (nSPS) is 16.0. The van der Waals surface area contributed by atoms with Crippen LogP contribution in [0.3, 0.4) is 0 Å². The van der Waals surface area contributed by atoms with Crippen LogP contribution in [0.1, 0.15) is 52.9 Å². The number of allylic oxidation sites excluding steroid dienone is 2. The molecule has 1 rings (SSSR count). The highest BCUT2D eigenvalue weighted by Crippen LogP contribution is 2.37.